The summed E-state index contributed by atoms with van der Waals surface area (Å²) in [6.45, 7) is 0. The zero-order chi connectivity index (χ0) is 25.1. The Kier molecular flexibility index (Phi) is 7.06. The number of nitrogens with one attached hydrogen (secondary N) is 1. The lowest BCUT2D eigenvalue weighted by molar-refractivity contribution is 0.0696. The molecule has 0 aliphatic heterocycles. The van der Waals surface area contributed by atoms with Gasteiger partial charge in [0.1, 0.15) is 4.21 Å². The van der Waals surface area contributed by atoms with Crippen molar-refractivity contribution in [3.8, 4) is 0 Å². The van der Waals surface area contributed by atoms with Crippen molar-refractivity contribution in [2.45, 2.75) is 26.8 Å². The van der Waals surface area contributed by atoms with E-state index in [2.05, 4.69) is 4.72 Å². The van der Waals surface area contributed by atoms with E-state index in [0.29, 0.717) is 18.5 Å². The van der Waals surface area contributed by atoms with Gasteiger partial charge in [-0.15, -0.1) is 11.3 Å². The lowest BCUT2D eigenvalue weighted by atomic mass is 10.0. The van der Waals surface area contributed by atoms with Crippen LogP contribution in [-0.2, 0) is 32.7 Å². The molecular formula is C25H21NO6S3. The summed E-state index contributed by atoms with van der Waals surface area (Å²) in [5.74, 6) is -0.989. The summed E-state index contributed by atoms with van der Waals surface area (Å²) in [5, 5.41) is 10.5. The molecule has 0 radical (unpaired) electrons. The topological polar surface area (TPSA) is 118 Å². The number of thiophene rings is 1. The predicted octanol–water partition coefficient (Wildman–Crippen LogP) is 4.87. The third kappa shape index (κ3) is 5.79. The van der Waals surface area contributed by atoms with Crippen LogP contribution in [0, 0.1) is 0 Å². The second-order valence-electron chi connectivity index (χ2n) is 7.73. The molecule has 4 rings (SSSR count). The Morgan fingerprint density at radius 3 is 2.11 bits per heavy atom. The van der Waals surface area contributed by atoms with Gasteiger partial charge in [-0.2, -0.15) is 0 Å². The van der Waals surface area contributed by atoms with E-state index in [0.717, 1.165) is 28.5 Å². The summed E-state index contributed by atoms with van der Waals surface area (Å²) in [6.07, 6.45) is 1.17. The van der Waals surface area contributed by atoms with Gasteiger partial charge in [0.05, 0.1) is 15.4 Å². The SMILES string of the molecule is O=C(O)c1cccc(CCc2cccc(NS(=O)(=O)c3cc(S(=O)(=O)c4ccccc4)cs3)c2)c1. The highest BCUT2D eigenvalue weighted by atomic mass is 32.2. The first-order valence-corrected chi connectivity index (χ1v) is 14.3. The van der Waals surface area contributed by atoms with Crippen molar-refractivity contribution in [1.82, 2.24) is 0 Å². The average molecular weight is 528 g/mol. The zero-order valence-corrected chi connectivity index (χ0v) is 20.7. The molecule has 180 valence electrons. The van der Waals surface area contributed by atoms with E-state index >= 15 is 0 Å². The Hall–Kier alpha value is -3.47. The molecule has 0 unspecified atom stereocenters. The van der Waals surface area contributed by atoms with Gasteiger partial charge in [-0.3, -0.25) is 4.72 Å². The number of benzene rings is 3. The van der Waals surface area contributed by atoms with Crippen LogP contribution in [0.1, 0.15) is 21.5 Å². The Bertz CT molecular complexity index is 1580. The maximum absolute atomic E-state index is 12.9. The number of rotatable bonds is 9. The van der Waals surface area contributed by atoms with Gasteiger partial charge in [-0.1, -0.05) is 42.5 Å². The summed E-state index contributed by atoms with van der Waals surface area (Å²) in [5.41, 5.74) is 2.29. The number of carboxylic acids is 1. The highest BCUT2D eigenvalue weighted by Gasteiger charge is 2.24. The number of sulfone groups is 1. The van der Waals surface area contributed by atoms with Crippen LogP contribution in [0.25, 0.3) is 0 Å². The molecule has 0 saturated heterocycles. The molecule has 4 aromatic rings. The van der Waals surface area contributed by atoms with Crippen LogP contribution < -0.4 is 4.72 Å². The summed E-state index contributed by atoms with van der Waals surface area (Å²) >= 11 is 0.835. The molecule has 0 atom stereocenters. The number of carboxylic acid groups (broad SMARTS) is 1. The average Bonchev–Trinajstić information content (AvgIpc) is 3.36. The lowest BCUT2D eigenvalue weighted by Crippen LogP contribution is -2.12. The summed E-state index contributed by atoms with van der Waals surface area (Å²) < 4.78 is 53.8. The summed E-state index contributed by atoms with van der Waals surface area (Å²) in [4.78, 5) is 11.2. The fourth-order valence-corrected chi connectivity index (χ4v) is 7.41. The molecule has 3 aromatic carbocycles. The van der Waals surface area contributed by atoms with E-state index in [1.807, 2.05) is 12.1 Å². The standard InChI is InChI=1S/C25H21NO6S3/c27-25(28)20-8-4-6-18(14-20)12-13-19-7-5-9-21(15-19)26-35(31,32)24-16-23(17-33-24)34(29,30)22-10-2-1-3-11-22/h1-11,14-17,26H,12-13H2,(H,27,28). The van der Waals surface area contributed by atoms with E-state index in [1.54, 1.807) is 48.5 Å². The number of anilines is 1. The second kappa shape index (κ2) is 10.0. The fourth-order valence-electron chi connectivity index (χ4n) is 3.46. The van der Waals surface area contributed by atoms with Crippen molar-refractivity contribution in [3.63, 3.8) is 0 Å². The molecule has 35 heavy (non-hydrogen) atoms. The van der Waals surface area contributed by atoms with E-state index in [4.69, 9.17) is 5.11 Å². The van der Waals surface area contributed by atoms with Crippen LogP contribution >= 0.6 is 11.3 Å². The van der Waals surface area contributed by atoms with E-state index in [-0.39, 0.29) is 19.6 Å². The molecule has 0 saturated carbocycles. The molecule has 1 heterocycles. The monoisotopic (exact) mass is 527 g/mol. The third-order valence-corrected chi connectivity index (χ3v) is 9.95. The van der Waals surface area contributed by atoms with Crippen molar-refractivity contribution in [2.24, 2.45) is 0 Å². The number of hydrogen-bond acceptors (Lipinski definition) is 6. The largest absolute Gasteiger partial charge is 0.478 e. The molecule has 0 aliphatic carbocycles. The van der Waals surface area contributed by atoms with Gasteiger partial charge in [0, 0.05) is 11.1 Å². The minimum atomic E-state index is -4.00. The van der Waals surface area contributed by atoms with Crippen molar-refractivity contribution in [1.29, 1.82) is 0 Å². The van der Waals surface area contributed by atoms with Crippen LogP contribution in [0.15, 0.2) is 104 Å². The number of hydrogen-bond donors (Lipinski definition) is 2. The van der Waals surface area contributed by atoms with Gasteiger partial charge in [-0.25, -0.2) is 21.6 Å². The van der Waals surface area contributed by atoms with Gasteiger partial charge in [0.2, 0.25) is 9.84 Å². The molecule has 0 spiro atoms. The first-order chi connectivity index (χ1) is 16.6. The molecular weight excluding hydrogens is 506 g/mol. The Labute approximate surface area is 207 Å². The first kappa shape index (κ1) is 24.6. The van der Waals surface area contributed by atoms with Crippen molar-refractivity contribution >= 4 is 42.9 Å². The van der Waals surface area contributed by atoms with Gasteiger partial charge < -0.3 is 5.11 Å². The zero-order valence-electron chi connectivity index (χ0n) is 18.3. The van der Waals surface area contributed by atoms with Crippen molar-refractivity contribution in [2.75, 3.05) is 4.72 Å². The highest BCUT2D eigenvalue weighted by Crippen LogP contribution is 2.29. The van der Waals surface area contributed by atoms with Crippen LogP contribution in [-0.4, -0.2) is 27.9 Å². The number of aryl methyl sites for hydroxylation is 2. The quantitative estimate of drug-likeness (QED) is 0.321. The molecule has 10 heteroatoms. The number of carbonyl (C=O) groups is 1. The Morgan fingerprint density at radius 1 is 0.771 bits per heavy atom. The van der Waals surface area contributed by atoms with Gasteiger partial charge in [0.25, 0.3) is 10.0 Å². The maximum Gasteiger partial charge on any atom is 0.335 e. The van der Waals surface area contributed by atoms with Crippen LogP contribution in [0.5, 0.6) is 0 Å². The normalized spacial score (nSPS) is 11.8. The minimum Gasteiger partial charge on any atom is -0.478 e. The summed E-state index contributed by atoms with van der Waals surface area (Å²) in [7, 11) is -7.81. The maximum atomic E-state index is 12.9. The highest BCUT2D eigenvalue weighted by molar-refractivity contribution is 7.95. The summed E-state index contributed by atoms with van der Waals surface area (Å²) in [6, 6.07) is 22.6. The van der Waals surface area contributed by atoms with Crippen molar-refractivity contribution in [3.05, 3.63) is 107 Å². The van der Waals surface area contributed by atoms with E-state index in [9.17, 15) is 21.6 Å². The smallest absolute Gasteiger partial charge is 0.335 e. The lowest BCUT2D eigenvalue weighted by Gasteiger charge is -2.09. The fraction of sp³-hybridized carbons (Fsp3) is 0.0800. The molecule has 7 nitrogen and oxygen atoms in total. The van der Waals surface area contributed by atoms with E-state index < -0.39 is 25.8 Å². The number of aromatic carboxylic acids is 1. The predicted molar refractivity (Wildman–Crippen MR) is 134 cm³/mol. The molecule has 1 aromatic heterocycles. The van der Waals surface area contributed by atoms with Gasteiger partial charge in [0.15, 0.2) is 0 Å². The second-order valence-corrected chi connectivity index (χ2v) is 12.5. The van der Waals surface area contributed by atoms with Crippen molar-refractivity contribution < 1.29 is 26.7 Å². The molecule has 0 bridgehead atoms. The van der Waals surface area contributed by atoms with E-state index in [1.165, 1.54) is 23.6 Å². The number of sulfonamides is 1. The van der Waals surface area contributed by atoms with Crippen LogP contribution in [0.2, 0.25) is 0 Å². The Morgan fingerprint density at radius 2 is 1.43 bits per heavy atom. The molecule has 0 amide bonds. The van der Waals surface area contributed by atoms with Crippen LogP contribution in [0.4, 0.5) is 5.69 Å². The minimum absolute atomic E-state index is 0.0774. The van der Waals surface area contributed by atoms with Gasteiger partial charge in [-0.05, 0) is 66.4 Å². The molecule has 0 aliphatic rings. The first-order valence-electron chi connectivity index (χ1n) is 10.5. The molecule has 2 N–H and O–H groups in total. The van der Waals surface area contributed by atoms with Gasteiger partial charge >= 0.3 is 5.97 Å². The van der Waals surface area contributed by atoms with Crippen LogP contribution in [0.3, 0.4) is 0 Å². The Balaban J connectivity index is 1.48. The molecule has 0 fully saturated rings. The third-order valence-electron chi connectivity index (χ3n) is 5.24.